The number of carbonyl (C=O) groups excluding carboxylic acids is 1. The van der Waals surface area contributed by atoms with Crippen LogP contribution in [0.5, 0.6) is 0 Å². The van der Waals surface area contributed by atoms with Gasteiger partial charge in [-0.2, -0.15) is 0 Å². The predicted octanol–water partition coefficient (Wildman–Crippen LogP) is 1.81. The van der Waals surface area contributed by atoms with Crippen molar-refractivity contribution < 1.29 is 13.8 Å². The molecule has 18 heavy (non-hydrogen) atoms. The maximum absolute atomic E-state index is 12.3. The van der Waals surface area contributed by atoms with Gasteiger partial charge in [-0.25, -0.2) is 0 Å². The third-order valence-electron chi connectivity index (χ3n) is 5.45. The monoisotopic (exact) mass is 254 g/mol. The first-order chi connectivity index (χ1) is 8.31. The van der Waals surface area contributed by atoms with Crippen molar-refractivity contribution in [1.29, 1.82) is 0 Å². The van der Waals surface area contributed by atoms with E-state index in [-0.39, 0.29) is 0 Å². The highest BCUT2D eigenvalue weighted by Crippen LogP contribution is 2.28. The summed E-state index contributed by atoms with van der Waals surface area (Å²) >= 11 is 0. The van der Waals surface area contributed by atoms with E-state index in [9.17, 15) is 4.79 Å². The van der Waals surface area contributed by atoms with Crippen LogP contribution >= 0.6 is 0 Å². The first-order valence-electron chi connectivity index (χ1n) is 7.48. The lowest BCUT2D eigenvalue weighted by Crippen LogP contribution is -2.47. The Morgan fingerprint density at radius 2 is 1.28 bits per heavy atom. The molecule has 2 aliphatic heterocycles. The number of carbonyl (C=O) groups is 1. The number of ketones is 1. The highest BCUT2D eigenvalue weighted by atomic mass is 16.1. The maximum atomic E-state index is 12.3. The van der Waals surface area contributed by atoms with Gasteiger partial charge in [0.15, 0.2) is 0 Å². The summed E-state index contributed by atoms with van der Waals surface area (Å²) in [5, 5.41) is 0. The van der Waals surface area contributed by atoms with E-state index in [0.29, 0.717) is 17.9 Å². The summed E-state index contributed by atoms with van der Waals surface area (Å²) in [5.74, 6) is 0.506. The lowest BCUT2D eigenvalue weighted by atomic mass is 10.00. The molecule has 2 heterocycles. The standard InChI is InChI=1S/C15H30N2O/c1-16(2)9-5-7-13(16)11-15(18)12-14-8-6-10-17(14,3)4/h13-14H,5-12H2,1-4H3/q+2. The van der Waals surface area contributed by atoms with Crippen molar-refractivity contribution in [2.24, 2.45) is 0 Å². The van der Waals surface area contributed by atoms with Crippen LogP contribution in [0.1, 0.15) is 38.5 Å². The van der Waals surface area contributed by atoms with Gasteiger partial charge < -0.3 is 8.97 Å². The molecule has 0 spiro atoms. The maximum Gasteiger partial charge on any atom is 0.144 e. The van der Waals surface area contributed by atoms with Gasteiger partial charge in [0.2, 0.25) is 0 Å². The molecule has 0 saturated carbocycles. The molecule has 2 unspecified atom stereocenters. The molecule has 2 atom stereocenters. The fraction of sp³-hybridized carbons (Fsp3) is 0.933. The first-order valence-corrected chi connectivity index (χ1v) is 7.48. The molecule has 0 bridgehead atoms. The summed E-state index contributed by atoms with van der Waals surface area (Å²) in [6.07, 6.45) is 6.67. The Bertz CT molecular complexity index is 292. The molecule has 0 N–H and O–H groups in total. The summed E-state index contributed by atoms with van der Waals surface area (Å²) in [6, 6.07) is 1.16. The second-order valence-corrected chi connectivity index (χ2v) is 7.54. The van der Waals surface area contributed by atoms with Gasteiger partial charge in [-0.15, -0.1) is 0 Å². The molecule has 3 heteroatoms. The number of hydrogen-bond donors (Lipinski definition) is 0. The first kappa shape index (κ1) is 14.0. The molecule has 0 aliphatic carbocycles. The average Bonchev–Trinajstić information content (AvgIpc) is 2.72. The Morgan fingerprint density at radius 3 is 1.56 bits per heavy atom. The molecule has 2 fully saturated rings. The zero-order chi connectivity index (χ0) is 13.4. The van der Waals surface area contributed by atoms with E-state index in [1.165, 1.54) is 38.8 Å². The highest BCUT2D eigenvalue weighted by molar-refractivity contribution is 5.79. The van der Waals surface area contributed by atoms with Crippen LogP contribution in [0, 0.1) is 0 Å². The lowest BCUT2D eigenvalue weighted by Gasteiger charge is -2.33. The molecule has 0 radical (unpaired) electrons. The average molecular weight is 254 g/mol. The molecule has 2 aliphatic rings. The molecular formula is C15H30N2O+2. The van der Waals surface area contributed by atoms with Gasteiger partial charge >= 0.3 is 0 Å². The van der Waals surface area contributed by atoms with Gasteiger partial charge in [-0.3, -0.25) is 4.79 Å². The zero-order valence-electron chi connectivity index (χ0n) is 12.6. The number of nitrogens with zero attached hydrogens (tertiary/aromatic N) is 2. The molecule has 2 saturated heterocycles. The minimum absolute atomic E-state index is 0.506. The minimum Gasteiger partial charge on any atom is -0.326 e. The molecule has 104 valence electrons. The second kappa shape index (κ2) is 4.93. The van der Waals surface area contributed by atoms with Crippen molar-refractivity contribution in [3.05, 3.63) is 0 Å². The summed E-state index contributed by atoms with van der Waals surface area (Å²) in [4.78, 5) is 12.3. The number of likely N-dealkylation sites (tertiary alicyclic amines) is 2. The second-order valence-electron chi connectivity index (χ2n) is 7.54. The third-order valence-corrected chi connectivity index (χ3v) is 5.45. The van der Waals surface area contributed by atoms with E-state index in [1.54, 1.807) is 0 Å². The van der Waals surface area contributed by atoms with Crippen LogP contribution in [-0.2, 0) is 4.79 Å². The van der Waals surface area contributed by atoms with E-state index in [4.69, 9.17) is 0 Å². The summed E-state index contributed by atoms with van der Waals surface area (Å²) in [5.41, 5.74) is 0. The summed E-state index contributed by atoms with van der Waals surface area (Å²) in [6.45, 7) is 2.48. The largest absolute Gasteiger partial charge is 0.326 e. The topological polar surface area (TPSA) is 17.1 Å². The van der Waals surface area contributed by atoms with Crippen molar-refractivity contribution in [3.63, 3.8) is 0 Å². The Hall–Kier alpha value is -0.410. The van der Waals surface area contributed by atoms with Crippen LogP contribution in [0.4, 0.5) is 0 Å². The van der Waals surface area contributed by atoms with Crippen LogP contribution in [0.2, 0.25) is 0 Å². The fourth-order valence-corrected chi connectivity index (χ4v) is 3.84. The van der Waals surface area contributed by atoms with Crippen LogP contribution in [-0.4, -0.2) is 68.1 Å². The van der Waals surface area contributed by atoms with Gasteiger partial charge in [0.1, 0.15) is 5.78 Å². The molecule has 0 amide bonds. The number of quaternary nitrogens is 2. The van der Waals surface area contributed by atoms with Gasteiger partial charge in [0.25, 0.3) is 0 Å². The number of rotatable bonds is 4. The van der Waals surface area contributed by atoms with E-state index in [1.807, 2.05) is 0 Å². The van der Waals surface area contributed by atoms with Crippen molar-refractivity contribution in [2.45, 2.75) is 50.6 Å². The molecule has 0 aromatic carbocycles. The molecular weight excluding hydrogens is 224 g/mol. The smallest absolute Gasteiger partial charge is 0.144 e. The highest BCUT2D eigenvalue weighted by Gasteiger charge is 2.39. The van der Waals surface area contributed by atoms with Gasteiger partial charge in [-0.05, 0) is 0 Å². The Balaban J connectivity index is 1.86. The third kappa shape index (κ3) is 2.94. The predicted molar refractivity (Wildman–Crippen MR) is 74.2 cm³/mol. The summed E-state index contributed by atoms with van der Waals surface area (Å²) in [7, 11) is 9.11. The van der Waals surface area contributed by atoms with Crippen LogP contribution in [0.25, 0.3) is 0 Å². The van der Waals surface area contributed by atoms with Gasteiger partial charge in [-0.1, -0.05) is 0 Å². The van der Waals surface area contributed by atoms with Gasteiger partial charge in [0, 0.05) is 25.7 Å². The SMILES string of the molecule is C[N+]1(C)CCCC1CC(=O)CC1CCC[N+]1(C)C. The minimum atomic E-state index is 0.506. The Labute approximate surface area is 112 Å². The van der Waals surface area contributed by atoms with Gasteiger partial charge in [0.05, 0.1) is 66.2 Å². The molecule has 0 aromatic heterocycles. The van der Waals surface area contributed by atoms with Crippen molar-refractivity contribution in [1.82, 2.24) is 0 Å². The van der Waals surface area contributed by atoms with Crippen molar-refractivity contribution in [2.75, 3.05) is 41.3 Å². The van der Waals surface area contributed by atoms with Crippen LogP contribution in [0.3, 0.4) is 0 Å². The fourth-order valence-electron chi connectivity index (χ4n) is 3.84. The molecule has 2 rings (SSSR count). The van der Waals surface area contributed by atoms with Crippen molar-refractivity contribution in [3.8, 4) is 0 Å². The Morgan fingerprint density at radius 1 is 0.889 bits per heavy atom. The molecule has 3 nitrogen and oxygen atoms in total. The van der Waals surface area contributed by atoms with E-state index >= 15 is 0 Å². The van der Waals surface area contributed by atoms with E-state index in [0.717, 1.165) is 21.8 Å². The quantitative estimate of drug-likeness (QED) is 0.699. The van der Waals surface area contributed by atoms with Crippen molar-refractivity contribution >= 4 is 5.78 Å². The number of Topliss-reactive ketones (excluding diaryl/α,β-unsaturated/α-hetero) is 1. The molecule has 0 aromatic rings. The van der Waals surface area contributed by atoms with Crippen LogP contribution in [0.15, 0.2) is 0 Å². The zero-order valence-corrected chi connectivity index (χ0v) is 12.6. The number of hydrogen-bond acceptors (Lipinski definition) is 1. The van der Waals surface area contributed by atoms with E-state index < -0.39 is 0 Å². The normalized spacial score (nSPS) is 33.8. The van der Waals surface area contributed by atoms with E-state index in [2.05, 4.69) is 28.2 Å². The van der Waals surface area contributed by atoms with Crippen LogP contribution < -0.4 is 0 Å². The lowest BCUT2D eigenvalue weighted by molar-refractivity contribution is -0.902. The summed E-state index contributed by atoms with van der Waals surface area (Å²) < 4.78 is 2.10. The Kier molecular flexibility index (Phi) is 3.84.